The normalized spacial score (nSPS) is 22.5. The minimum absolute atomic E-state index is 0.105. The molecule has 1 saturated heterocycles. The zero-order chi connectivity index (χ0) is 18.8. The van der Waals surface area contributed by atoms with Gasteiger partial charge in [-0.2, -0.15) is 0 Å². The topological polar surface area (TPSA) is 35.5 Å². The number of fused-ring (bicyclic) bond motifs is 3. The number of halogens is 1. The summed E-state index contributed by atoms with van der Waals surface area (Å²) < 4.78 is 12.6. The predicted molar refractivity (Wildman–Crippen MR) is 108 cm³/mol. The number of allylic oxidation sites excluding steroid dienone is 2. The number of hydrogen-bond donors (Lipinski definition) is 0. The second-order valence-electron chi connectivity index (χ2n) is 8.10. The number of Topliss-reactive ketones (excluding diaryl/α,β-unsaturated/α-hetero) is 1. The SMILES string of the molecule is CC1(C)C2=C(C(=O)c3ccc(O[C@@H]4CCOC4)cc31)c1ccc(Br)cc1C2. The van der Waals surface area contributed by atoms with E-state index in [1.54, 1.807) is 0 Å². The predicted octanol–water partition coefficient (Wildman–Crippen LogP) is 5.10. The third-order valence-electron chi connectivity index (χ3n) is 6.09. The lowest BCUT2D eigenvalue weighted by Gasteiger charge is -2.34. The van der Waals surface area contributed by atoms with Gasteiger partial charge in [-0.1, -0.05) is 35.8 Å². The van der Waals surface area contributed by atoms with Gasteiger partial charge in [0.05, 0.1) is 13.2 Å². The van der Waals surface area contributed by atoms with Gasteiger partial charge < -0.3 is 9.47 Å². The summed E-state index contributed by atoms with van der Waals surface area (Å²) >= 11 is 3.56. The van der Waals surface area contributed by atoms with Gasteiger partial charge in [-0.05, 0) is 59.0 Å². The van der Waals surface area contributed by atoms with Crippen LogP contribution in [0.5, 0.6) is 5.75 Å². The molecule has 2 aromatic rings. The van der Waals surface area contributed by atoms with Crippen LogP contribution in [0.4, 0.5) is 0 Å². The third kappa shape index (κ3) is 2.61. The molecule has 5 rings (SSSR count). The van der Waals surface area contributed by atoms with Crippen LogP contribution in [0.1, 0.15) is 47.3 Å². The largest absolute Gasteiger partial charge is 0.488 e. The second kappa shape index (κ2) is 6.05. The van der Waals surface area contributed by atoms with E-state index in [4.69, 9.17) is 9.47 Å². The number of benzene rings is 2. The molecule has 1 heterocycles. The zero-order valence-electron chi connectivity index (χ0n) is 15.5. The summed E-state index contributed by atoms with van der Waals surface area (Å²) in [6.07, 6.45) is 1.84. The number of carbonyl (C=O) groups excluding carboxylic acids is 1. The summed E-state index contributed by atoms with van der Waals surface area (Å²) in [7, 11) is 0. The maximum absolute atomic E-state index is 13.4. The molecule has 3 aliphatic rings. The third-order valence-corrected chi connectivity index (χ3v) is 6.58. The van der Waals surface area contributed by atoms with Gasteiger partial charge in [0.1, 0.15) is 11.9 Å². The number of ether oxygens (including phenoxy) is 2. The molecule has 1 atom stereocenters. The molecule has 4 heteroatoms. The second-order valence-corrected chi connectivity index (χ2v) is 9.01. The van der Waals surface area contributed by atoms with Gasteiger partial charge in [0.2, 0.25) is 0 Å². The van der Waals surface area contributed by atoms with Gasteiger partial charge in [-0.3, -0.25) is 4.79 Å². The first kappa shape index (κ1) is 17.2. The van der Waals surface area contributed by atoms with Crippen molar-refractivity contribution in [3.63, 3.8) is 0 Å². The summed E-state index contributed by atoms with van der Waals surface area (Å²) in [6.45, 7) is 5.83. The fourth-order valence-electron chi connectivity index (χ4n) is 4.59. The van der Waals surface area contributed by atoms with Gasteiger partial charge in [-0.15, -0.1) is 0 Å². The Morgan fingerprint density at radius 2 is 1.96 bits per heavy atom. The van der Waals surface area contributed by atoms with Crippen molar-refractivity contribution in [1.82, 2.24) is 0 Å². The Bertz CT molecular complexity index is 997. The van der Waals surface area contributed by atoms with E-state index < -0.39 is 0 Å². The van der Waals surface area contributed by atoms with Crippen LogP contribution in [0.3, 0.4) is 0 Å². The highest BCUT2D eigenvalue weighted by Gasteiger charge is 2.43. The van der Waals surface area contributed by atoms with Gasteiger partial charge in [-0.25, -0.2) is 0 Å². The Labute approximate surface area is 167 Å². The smallest absolute Gasteiger partial charge is 0.193 e. The summed E-state index contributed by atoms with van der Waals surface area (Å²) in [5.41, 5.74) is 6.07. The Kier molecular flexibility index (Phi) is 3.85. The van der Waals surface area contributed by atoms with Crippen molar-refractivity contribution in [2.24, 2.45) is 0 Å². The van der Waals surface area contributed by atoms with Gasteiger partial charge in [0, 0.05) is 27.4 Å². The molecule has 2 aliphatic carbocycles. The van der Waals surface area contributed by atoms with Crippen LogP contribution in [-0.4, -0.2) is 25.1 Å². The molecule has 0 aromatic heterocycles. The van der Waals surface area contributed by atoms with E-state index in [0.717, 1.165) is 51.9 Å². The fraction of sp³-hybridized carbons (Fsp3) is 0.348. The molecule has 0 unspecified atom stereocenters. The van der Waals surface area contributed by atoms with Gasteiger partial charge >= 0.3 is 0 Å². The molecule has 2 aromatic carbocycles. The molecule has 0 radical (unpaired) electrons. The molecular formula is C23H21BrO3. The van der Waals surface area contributed by atoms with Crippen molar-refractivity contribution in [2.45, 2.75) is 38.2 Å². The van der Waals surface area contributed by atoms with Crippen LogP contribution in [0.15, 0.2) is 46.4 Å². The average molecular weight is 425 g/mol. The van der Waals surface area contributed by atoms with E-state index in [1.165, 1.54) is 11.1 Å². The molecule has 27 heavy (non-hydrogen) atoms. The summed E-state index contributed by atoms with van der Waals surface area (Å²) in [5, 5.41) is 0. The van der Waals surface area contributed by atoms with Crippen LogP contribution in [-0.2, 0) is 16.6 Å². The molecule has 3 nitrogen and oxygen atoms in total. The Morgan fingerprint density at radius 1 is 1.15 bits per heavy atom. The first-order chi connectivity index (χ1) is 12.9. The van der Waals surface area contributed by atoms with Crippen molar-refractivity contribution in [2.75, 3.05) is 13.2 Å². The van der Waals surface area contributed by atoms with E-state index in [9.17, 15) is 4.79 Å². The lowest BCUT2D eigenvalue weighted by molar-refractivity contribution is 0.105. The molecule has 0 spiro atoms. The minimum atomic E-state index is -0.213. The van der Waals surface area contributed by atoms with Gasteiger partial charge in [0.25, 0.3) is 0 Å². The van der Waals surface area contributed by atoms with Crippen molar-refractivity contribution in [3.05, 3.63) is 68.7 Å². The van der Waals surface area contributed by atoms with Gasteiger partial charge in [0.15, 0.2) is 5.78 Å². The Morgan fingerprint density at radius 3 is 2.74 bits per heavy atom. The van der Waals surface area contributed by atoms with E-state index in [1.807, 2.05) is 18.2 Å². The minimum Gasteiger partial charge on any atom is -0.488 e. The highest BCUT2D eigenvalue weighted by atomic mass is 79.9. The van der Waals surface area contributed by atoms with Crippen molar-refractivity contribution >= 4 is 27.3 Å². The average Bonchev–Trinajstić information content (AvgIpc) is 3.27. The zero-order valence-corrected chi connectivity index (χ0v) is 17.1. The van der Waals surface area contributed by atoms with Crippen molar-refractivity contribution in [1.29, 1.82) is 0 Å². The summed E-state index contributed by atoms with van der Waals surface area (Å²) in [5.74, 6) is 0.962. The molecule has 0 N–H and O–H groups in total. The highest BCUT2D eigenvalue weighted by molar-refractivity contribution is 9.10. The van der Waals surface area contributed by atoms with E-state index in [2.05, 4.69) is 48.0 Å². The molecular weight excluding hydrogens is 404 g/mol. The van der Waals surface area contributed by atoms with Crippen LogP contribution in [0, 0.1) is 0 Å². The number of carbonyl (C=O) groups is 1. The van der Waals surface area contributed by atoms with Crippen LogP contribution < -0.4 is 4.74 Å². The number of rotatable bonds is 2. The van der Waals surface area contributed by atoms with Crippen LogP contribution >= 0.6 is 15.9 Å². The lowest BCUT2D eigenvalue weighted by Crippen LogP contribution is -2.30. The Hall–Kier alpha value is -1.91. The monoisotopic (exact) mass is 424 g/mol. The standard InChI is InChI=1S/C23H21BrO3/c1-23(2)19-11-15(27-16-7-8-26-12-16)4-6-18(19)22(25)21-17-5-3-14(24)9-13(17)10-20(21)23/h3-6,9,11,16H,7-8,10,12H2,1-2H3/t16-/m1/s1. The molecule has 0 amide bonds. The van der Waals surface area contributed by atoms with Crippen molar-refractivity contribution < 1.29 is 14.3 Å². The first-order valence-electron chi connectivity index (χ1n) is 9.41. The lowest BCUT2D eigenvalue weighted by atomic mass is 9.68. The fourth-order valence-corrected chi connectivity index (χ4v) is 5.00. The molecule has 1 fully saturated rings. The Balaban J connectivity index is 1.58. The maximum Gasteiger partial charge on any atom is 0.193 e. The summed E-state index contributed by atoms with van der Waals surface area (Å²) in [6, 6.07) is 12.1. The van der Waals surface area contributed by atoms with Crippen molar-refractivity contribution in [3.8, 4) is 5.75 Å². The molecule has 138 valence electrons. The first-order valence-corrected chi connectivity index (χ1v) is 10.2. The van der Waals surface area contributed by atoms with Crippen LogP contribution in [0.25, 0.3) is 5.57 Å². The molecule has 1 aliphatic heterocycles. The number of hydrogen-bond acceptors (Lipinski definition) is 3. The number of ketones is 1. The van der Waals surface area contributed by atoms with Crippen LogP contribution in [0.2, 0.25) is 0 Å². The summed E-state index contributed by atoms with van der Waals surface area (Å²) in [4.78, 5) is 13.4. The quantitative estimate of drug-likeness (QED) is 0.672. The molecule has 0 bridgehead atoms. The van der Waals surface area contributed by atoms with E-state index in [0.29, 0.717) is 6.61 Å². The molecule has 0 saturated carbocycles. The van der Waals surface area contributed by atoms with E-state index >= 15 is 0 Å². The maximum atomic E-state index is 13.4. The van der Waals surface area contributed by atoms with E-state index in [-0.39, 0.29) is 17.3 Å². The highest BCUT2D eigenvalue weighted by Crippen LogP contribution is 2.50.